The van der Waals surface area contributed by atoms with E-state index in [-0.39, 0.29) is 16.8 Å². The van der Waals surface area contributed by atoms with Crippen molar-refractivity contribution in [3.8, 4) is 5.75 Å². The van der Waals surface area contributed by atoms with Gasteiger partial charge in [0.1, 0.15) is 5.75 Å². The number of hydrogen-bond acceptors (Lipinski definition) is 2. The van der Waals surface area contributed by atoms with Gasteiger partial charge in [-0.25, -0.2) is 0 Å². The zero-order valence-corrected chi connectivity index (χ0v) is 15.9. The third-order valence-electron chi connectivity index (χ3n) is 4.10. The summed E-state index contributed by atoms with van der Waals surface area (Å²) >= 11 is 0. The summed E-state index contributed by atoms with van der Waals surface area (Å²) in [5.41, 5.74) is -0.162. The highest BCUT2D eigenvalue weighted by atomic mass is 19.4. The lowest BCUT2D eigenvalue weighted by Gasteiger charge is -2.19. The van der Waals surface area contributed by atoms with Crippen LogP contribution in [0, 0.1) is 0 Å². The molecule has 0 saturated heterocycles. The van der Waals surface area contributed by atoms with Crippen LogP contribution < -0.4 is 10.1 Å². The normalized spacial score (nSPS) is 13.0. The Balaban J connectivity index is 2.48. The molecule has 0 aliphatic heterocycles. The maximum atomic E-state index is 13.5. The van der Waals surface area contributed by atoms with Crippen LogP contribution in [0.1, 0.15) is 36.7 Å². The molecule has 0 bridgehead atoms. The third-order valence-corrected chi connectivity index (χ3v) is 4.10. The molecule has 0 aliphatic rings. The van der Waals surface area contributed by atoms with Crippen molar-refractivity contribution in [3.63, 3.8) is 0 Å². The van der Waals surface area contributed by atoms with Crippen molar-refractivity contribution in [1.29, 1.82) is 0 Å². The second-order valence-electron chi connectivity index (χ2n) is 5.95. The molecule has 1 amide bonds. The van der Waals surface area contributed by atoms with E-state index in [1.165, 1.54) is 6.08 Å². The van der Waals surface area contributed by atoms with Gasteiger partial charge in [-0.05, 0) is 38.5 Å². The first-order chi connectivity index (χ1) is 13.3. The summed E-state index contributed by atoms with van der Waals surface area (Å²) in [6, 6.07) is 14.8. The highest BCUT2D eigenvalue weighted by molar-refractivity contribution is 6.00. The molecule has 0 saturated carbocycles. The molecule has 3 nitrogen and oxygen atoms in total. The van der Waals surface area contributed by atoms with Gasteiger partial charge in [-0.3, -0.25) is 4.79 Å². The second kappa shape index (κ2) is 9.26. The fourth-order valence-corrected chi connectivity index (χ4v) is 2.72. The van der Waals surface area contributed by atoms with E-state index in [9.17, 15) is 18.0 Å². The largest absolute Gasteiger partial charge is 0.493 e. The summed E-state index contributed by atoms with van der Waals surface area (Å²) in [7, 11) is 0. The molecule has 2 aromatic rings. The number of benzene rings is 2. The predicted molar refractivity (Wildman–Crippen MR) is 104 cm³/mol. The van der Waals surface area contributed by atoms with Crippen molar-refractivity contribution in [2.75, 3.05) is 6.61 Å². The number of rotatable bonds is 6. The van der Waals surface area contributed by atoms with E-state index in [4.69, 9.17) is 4.74 Å². The number of carbonyl (C=O) groups is 1. The number of hydrogen-bond donors (Lipinski definition) is 1. The number of allylic oxidation sites excluding steroid dienone is 3. The number of halogens is 3. The average molecular weight is 389 g/mol. The molecule has 0 unspecified atom stereocenters. The maximum absolute atomic E-state index is 13.5. The van der Waals surface area contributed by atoms with E-state index < -0.39 is 17.7 Å². The fraction of sp³-hybridized carbons (Fsp3) is 0.227. The second-order valence-corrected chi connectivity index (χ2v) is 5.95. The molecule has 0 spiro atoms. The van der Waals surface area contributed by atoms with Gasteiger partial charge < -0.3 is 10.1 Å². The molecule has 2 aromatic carbocycles. The molecule has 0 aromatic heterocycles. The number of ether oxygens (including phenoxy) is 1. The smallest absolute Gasteiger partial charge is 0.413 e. The summed E-state index contributed by atoms with van der Waals surface area (Å²) in [6.45, 7) is 4.74. The van der Waals surface area contributed by atoms with E-state index in [1.807, 2.05) is 0 Å². The molecule has 6 heteroatoms. The summed E-state index contributed by atoms with van der Waals surface area (Å²) in [4.78, 5) is 12.8. The van der Waals surface area contributed by atoms with E-state index in [2.05, 4.69) is 5.32 Å². The Morgan fingerprint density at radius 1 is 1.07 bits per heavy atom. The van der Waals surface area contributed by atoms with Crippen molar-refractivity contribution in [3.05, 3.63) is 83.1 Å². The Morgan fingerprint density at radius 3 is 2.25 bits per heavy atom. The average Bonchev–Trinajstić information content (AvgIpc) is 2.68. The van der Waals surface area contributed by atoms with Crippen molar-refractivity contribution >= 4 is 11.5 Å². The molecule has 1 N–H and O–H groups in total. The number of alkyl halides is 3. The predicted octanol–water partition coefficient (Wildman–Crippen LogP) is 5.75. The van der Waals surface area contributed by atoms with Gasteiger partial charge in [0.15, 0.2) is 0 Å². The maximum Gasteiger partial charge on any atom is 0.413 e. The van der Waals surface area contributed by atoms with Gasteiger partial charge >= 0.3 is 6.18 Å². The number of amides is 1. The SMILES string of the molecule is C/C=C(NC(=O)c1ccccc1OCC)\C(=C(/C)C(F)(F)F)c1ccccc1. The zero-order valence-electron chi connectivity index (χ0n) is 15.9. The molecule has 0 heterocycles. The Morgan fingerprint density at radius 2 is 1.68 bits per heavy atom. The summed E-state index contributed by atoms with van der Waals surface area (Å²) < 4.78 is 45.9. The van der Waals surface area contributed by atoms with Crippen LogP contribution in [0.3, 0.4) is 0 Å². The van der Waals surface area contributed by atoms with Crippen LogP contribution in [0.15, 0.2) is 71.9 Å². The van der Waals surface area contributed by atoms with Crippen LogP contribution in [-0.4, -0.2) is 18.7 Å². The van der Waals surface area contributed by atoms with Gasteiger partial charge in [-0.15, -0.1) is 0 Å². The van der Waals surface area contributed by atoms with E-state index >= 15 is 0 Å². The molecule has 28 heavy (non-hydrogen) atoms. The van der Waals surface area contributed by atoms with Crippen molar-refractivity contribution in [2.45, 2.75) is 26.9 Å². The molecule has 0 atom stereocenters. The number of para-hydroxylation sites is 1. The topological polar surface area (TPSA) is 38.3 Å². The number of nitrogens with one attached hydrogen (secondary N) is 1. The van der Waals surface area contributed by atoms with Crippen LogP contribution in [0.5, 0.6) is 5.75 Å². The minimum Gasteiger partial charge on any atom is -0.493 e. The van der Waals surface area contributed by atoms with Gasteiger partial charge in [0.2, 0.25) is 0 Å². The van der Waals surface area contributed by atoms with E-state index in [0.29, 0.717) is 17.9 Å². The van der Waals surface area contributed by atoms with E-state index in [0.717, 1.165) is 6.92 Å². The monoisotopic (exact) mass is 389 g/mol. The molecule has 0 radical (unpaired) electrons. The lowest BCUT2D eigenvalue weighted by Crippen LogP contribution is -2.26. The van der Waals surface area contributed by atoms with Gasteiger partial charge in [-0.1, -0.05) is 48.5 Å². The van der Waals surface area contributed by atoms with Crippen molar-refractivity contribution in [1.82, 2.24) is 5.32 Å². The third kappa shape index (κ3) is 5.03. The van der Waals surface area contributed by atoms with Crippen molar-refractivity contribution in [2.24, 2.45) is 0 Å². The van der Waals surface area contributed by atoms with Gasteiger partial charge in [0.05, 0.1) is 12.2 Å². The molecule has 0 aliphatic carbocycles. The van der Waals surface area contributed by atoms with Gasteiger partial charge in [0.25, 0.3) is 5.91 Å². The Bertz CT molecular complexity index is 884. The Labute approximate surface area is 162 Å². The lowest BCUT2D eigenvalue weighted by molar-refractivity contribution is -0.0907. The highest BCUT2D eigenvalue weighted by Crippen LogP contribution is 2.35. The zero-order chi connectivity index (χ0) is 20.7. The quantitative estimate of drug-likeness (QED) is 0.639. The fourth-order valence-electron chi connectivity index (χ4n) is 2.72. The van der Waals surface area contributed by atoms with Crippen LogP contribution >= 0.6 is 0 Å². The summed E-state index contributed by atoms with van der Waals surface area (Å²) in [5.74, 6) is -0.170. The van der Waals surface area contributed by atoms with E-state index in [1.54, 1.807) is 68.4 Å². The van der Waals surface area contributed by atoms with Crippen LogP contribution in [0.2, 0.25) is 0 Å². The number of carbonyl (C=O) groups excluding carboxylic acids is 1. The molecule has 0 fully saturated rings. The van der Waals surface area contributed by atoms with Crippen LogP contribution in [-0.2, 0) is 0 Å². The van der Waals surface area contributed by atoms with Crippen LogP contribution in [0.25, 0.3) is 5.57 Å². The molecular formula is C22H22F3NO2. The summed E-state index contributed by atoms with van der Waals surface area (Å²) in [6.07, 6.45) is -3.08. The van der Waals surface area contributed by atoms with Gasteiger partial charge in [0, 0.05) is 16.8 Å². The van der Waals surface area contributed by atoms with Crippen molar-refractivity contribution < 1.29 is 22.7 Å². The molecule has 2 rings (SSSR count). The standard InChI is InChI=1S/C22H22F3NO2/c1-4-18(26-21(27)17-13-9-10-14-19(17)28-5-2)20(15(3)22(23,24)25)16-11-7-6-8-12-16/h4,6-14H,5H2,1-3H3,(H,26,27)/b18-4+,20-15+. The first-order valence-corrected chi connectivity index (χ1v) is 8.83. The molecule has 148 valence electrons. The summed E-state index contributed by atoms with van der Waals surface area (Å²) in [5, 5.41) is 2.62. The minimum absolute atomic E-state index is 0.0714. The Kier molecular flexibility index (Phi) is 7.04. The first-order valence-electron chi connectivity index (χ1n) is 8.83. The van der Waals surface area contributed by atoms with Crippen LogP contribution in [0.4, 0.5) is 13.2 Å². The minimum atomic E-state index is -4.53. The van der Waals surface area contributed by atoms with Gasteiger partial charge in [-0.2, -0.15) is 13.2 Å². The molecular weight excluding hydrogens is 367 g/mol. The Hall–Kier alpha value is -3.02. The highest BCUT2D eigenvalue weighted by Gasteiger charge is 2.34. The lowest BCUT2D eigenvalue weighted by atomic mass is 9.96. The first kappa shape index (κ1) is 21.3.